The molecule has 1 aliphatic carbocycles. The van der Waals surface area contributed by atoms with Gasteiger partial charge in [0.25, 0.3) is 0 Å². The lowest BCUT2D eigenvalue weighted by Gasteiger charge is -2.22. The number of halogens is 1. The summed E-state index contributed by atoms with van der Waals surface area (Å²) in [6.07, 6.45) is 7.43. The molecule has 0 radical (unpaired) electrons. The minimum atomic E-state index is -0.259. The minimum absolute atomic E-state index is 0.259. The minimum Gasteiger partial charge on any atom is -0.493 e. The van der Waals surface area contributed by atoms with Gasteiger partial charge < -0.3 is 14.0 Å². The molecule has 1 aliphatic rings. The molecule has 1 fully saturated rings. The lowest BCUT2D eigenvalue weighted by atomic mass is 9.84. The van der Waals surface area contributed by atoms with E-state index in [0.29, 0.717) is 5.92 Å². The topological polar surface area (TPSA) is 35.8 Å². The molecular formula is C31H33FN2O2S. The van der Waals surface area contributed by atoms with Gasteiger partial charge in [0, 0.05) is 11.9 Å². The van der Waals surface area contributed by atoms with Crippen LogP contribution in [0.2, 0.25) is 0 Å². The highest BCUT2D eigenvalue weighted by molar-refractivity contribution is 7.07. The number of rotatable bonds is 8. The normalized spacial score (nSPS) is 14.6. The summed E-state index contributed by atoms with van der Waals surface area (Å²) in [6, 6.07) is 21.5. The maximum atomic E-state index is 13.5. The number of aromatic nitrogens is 1. The quantitative estimate of drug-likeness (QED) is 0.239. The Bertz CT molecular complexity index is 1380. The Balaban J connectivity index is 1.47. The summed E-state index contributed by atoms with van der Waals surface area (Å²) in [5, 5.41) is 2.17. The van der Waals surface area contributed by atoms with Gasteiger partial charge >= 0.3 is 0 Å². The van der Waals surface area contributed by atoms with Crippen LogP contribution in [0.4, 0.5) is 10.1 Å². The highest BCUT2D eigenvalue weighted by Gasteiger charge is 2.16. The monoisotopic (exact) mass is 516 g/mol. The molecule has 0 unspecified atom stereocenters. The maximum absolute atomic E-state index is 13.5. The zero-order valence-corrected chi connectivity index (χ0v) is 22.3. The summed E-state index contributed by atoms with van der Waals surface area (Å²) in [7, 11) is 3.30. The van der Waals surface area contributed by atoms with E-state index in [0.717, 1.165) is 46.2 Å². The van der Waals surface area contributed by atoms with Crippen molar-refractivity contribution in [3.63, 3.8) is 0 Å². The first-order valence-electron chi connectivity index (χ1n) is 12.9. The molecule has 192 valence electrons. The summed E-state index contributed by atoms with van der Waals surface area (Å²) in [5.74, 6) is 1.88. The van der Waals surface area contributed by atoms with E-state index in [4.69, 9.17) is 14.5 Å². The Morgan fingerprint density at radius 2 is 1.62 bits per heavy atom. The van der Waals surface area contributed by atoms with Gasteiger partial charge in [0.2, 0.25) is 0 Å². The zero-order valence-electron chi connectivity index (χ0n) is 21.5. The Morgan fingerprint density at radius 3 is 2.32 bits per heavy atom. The average molecular weight is 517 g/mol. The van der Waals surface area contributed by atoms with Crippen molar-refractivity contribution < 1.29 is 13.9 Å². The molecular weight excluding hydrogens is 483 g/mol. The van der Waals surface area contributed by atoms with E-state index in [9.17, 15) is 4.39 Å². The van der Waals surface area contributed by atoms with E-state index in [1.807, 2.05) is 12.1 Å². The zero-order chi connectivity index (χ0) is 25.6. The number of hydrogen-bond donors (Lipinski definition) is 0. The molecule has 0 saturated heterocycles. The number of benzene rings is 3. The molecule has 0 N–H and O–H groups in total. The molecule has 0 amide bonds. The van der Waals surface area contributed by atoms with Gasteiger partial charge in [0.1, 0.15) is 5.82 Å². The van der Waals surface area contributed by atoms with Gasteiger partial charge in [-0.05, 0) is 78.3 Å². The van der Waals surface area contributed by atoms with Crippen LogP contribution in [0.3, 0.4) is 0 Å². The van der Waals surface area contributed by atoms with Crippen molar-refractivity contribution in [3.05, 3.63) is 93.9 Å². The first-order chi connectivity index (χ1) is 18.1. The average Bonchev–Trinajstić information content (AvgIpc) is 3.35. The first kappa shape index (κ1) is 25.3. The molecule has 4 aromatic rings. The Kier molecular flexibility index (Phi) is 8.05. The molecule has 0 bridgehead atoms. The van der Waals surface area contributed by atoms with Gasteiger partial charge in [-0.3, -0.25) is 0 Å². The summed E-state index contributed by atoms with van der Waals surface area (Å²) in [4.78, 5) is 5.75. The van der Waals surface area contributed by atoms with Crippen molar-refractivity contribution in [2.24, 2.45) is 4.99 Å². The lowest BCUT2D eigenvalue weighted by molar-refractivity contribution is 0.354. The molecule has 1 aromatic heterocycles. The van der Waals surface area contributed by atoms with E-state index < -0.39 is 0 Å². The second-order valence-electron chi connectivity index (χ2n) is 9.54. The number of thiazole rings is 1. The van der Waals surface area contributed by atoms with Crippen molar-refractivity contribution in [2.75, 3.05) is 14.2 Å². The van der Waals surface area contributed by atoms with Gasteiger partial charge in [-0.2, -0.15) is 0 Å². The highest BCUT2D eigenvalue weighted by atomic mass is 32.1. The van der Waals surface area contributed by atoms with Crippen molar-refractivity contribution in [1.29, 1.82) is 0 Å². The van der Waals surface area contributed by atoms with Gasteiger partial charge in [0.05, 0.1) is 25.6 Å². The molecule has 0 spiro atoms. The van der Waals surface area contributed by atoms with Gasteiger partial charge in [-0.1, -0.05) is 49.6 Å². The third-order valence-corrected chi connectivity index (χ3v) is 8.07. The Labute approximate surface area is 222 Å². The molecule has 6 heteroatoms. The number of methoxy groups -OCH3 is 2. The van der Waals surface area contributed by atoms with Crippen LogP contribution in [0.15, 0.2) is 77.1 Å². The number of hydrogen-bond acceptors (Lipinski definition) is 4. The molecule has 37 heavy (non-hydrogen) atoms. The highest BCUT2D eigenvalue weighted by Crippen LogP contribution is 2.34. The van der Waals surface area contributed by atoms with Crippen LogP contribution >= 0.6 is 11.3 Å². The molecule has 0 atom stereocenters. The van der Waals surface area contributed by atoms with Gasteiger partial charge in [-0.25, -0.2) is 9.38 Å². The second-order valence-corrected chi connectivity index (χ2v) is 10.4. The Morgan fingerprint density at radius 1 is 0.892 bits per heavy atom. The van der Waals surface area contributed by atoms with Crippen molar-refractivity contribution >= 4 is 17.0 Å². The van der Waals surface area contributed by atoms with Crippen molar-refractivity contribution in [3.8, 4) is 22.8 Å². The standard InChI is InChI=1S/C31H33FN2O2S/c1-35-29-17-8-22(20-30(29)36-2)18-19-34-28(21-37-31(34)33-27-15-13-26(32)14-16-27)25-11-9-24(10-12-25)23-6-4-3-5-7-23/h8-17,20-21,23H,3-7,18-19H2,1-2H3. The smallest absolute Gasteiger partial charge is 0.190 e. The number of aryl methyl sites for hydroxylation is 1. The van der Waals surface area contributed by atoms with Crippen LogP contribution in [0.1, 0.15) is 49.1 Å². The van der Waals surface area contributed by atoms with E-state index >= 15 is 0 Å². The van der Waals surface area contributed by atoms with Crippen molar-refractivity contribution in [2.45, 2.75) is 51.0 Å². The second kappa shape index (κ2) is 11.8. The van der Waals surface area contributed by atoms with E-state index in [-0.39, 0.29) is 5.82 Å². The lowest BCUT2D eigenvalue weighted by Crippen LogP contribution is -2.17. The third-order valence-electron chi connectivity index (χ3n) is 7.20. The fourth-order valence-corrected chi connectivity index (χ4v) is 6.09. The van der Waals surface area contributed by atoms with E-state index in [2.05, 4.69) is 40.3 Å². The van der Waals surface area contributed by atoms with E-state index in [1.165, 1.54) is 55.4 Å². The number of ether oxygens (including phenoxy) is 2. The van der Waals surface area contributed by atoms with Gasteiger partial charge in [0.15, 0.2) is 16.3 Å². The number of nitrogens with zero attached hydrogens (tertiary/aromatic N) is 2. The van der Waals surface area contributed by atoms with Crippen LogP contribution < -0.4 is 14.3 Å². The molecule has 5 rings (SSSR count). The first-order valence-corrected chi connectivity index (χ1v) is 13.8. The van der Waals surface area contributed by atoms with E-state index in [1.54, 1.807) is 37.7 Å². The maximum Gasteiger partial charge on any atom is 0.190 e. The van der Waals surface area contributed by atoms with Crippen LogP contribution in [0.5, 0.6) is 11.5 Å². The largest absolute Gasteiger partial charge is 0.493 e. The molecule has 0 aliphatic heterocycles. The fraction of sp³-hybridized carbons (Fsp3) is 0.323. The third kappa shape index (κ3) is 5.96. The predicted molar refractivity (Wildman–Crippen MR) is 148 cm³/mol. The van der Waals surface area contributed by atoms with Crippen LogP contribution in [0, 0.1) is 5.82 Å². The summed E-state index contributed by atoms with van der Waals surface area (Å²) in [6.45, 7) is 0.749. The SMILES string of the molecule is COc1ccc(CCn2c(-c3ccc(C4CCCCC4)cc3)csc2=Nc2ccc(F)cc2)cc1OC. The summed E-state index contributed by atoms with van der Waals surface area (Å²) < 4.78 is 26.6. The molecule has 3 aromatic carbocycles. The fourth-order valence-electron chi connectivity index (χ4n) is 5.13. The van der Waals surface area contributed by atoms with Crippen LogP contribution in [0.25, 0.3) is 11.3 Å². The van der Waals surface area contributed by atoms with Gasteiger partial charge in [-0.15, -0.1) is 11.3 Å². The van der Waals surface area contributed by atoms with Crippen LogP contribution in [-0.2, 0) is 13.0 Å². The molecule has 1 heterocycles. The van der Waals surface area contributed by atoms with Crippen molar-refractivity contribution in [1.82, 2.24) is 4.57 Å². The van der Waals surface area contributed by atoms with Crippen LogP contribution in [-0.4, -0.2) is 18.8 Å². The summed E-state index contributed by atoms with van der Waals surface area (Å²) >= 11 is 1.61. The summed E-state index contributed by atoms with van der Waals surface area (Å²) in [5.41, 5.74) is 5.67. The predicted octanol–water partition coefficient (Wildman–Crippen LogP) is 7.90. The molecule has 1 saturated carbocycles. The molecule has 4 nitrogen and oxygen atoms in total. The Hall–Kier alpha value is -3.38.